The van der Waals surface area contributed by atoms with Crippen LogP contribution in [-0.2, 0) is 0 Å². The first-order valence-electron chi connectivity index (χ1n) is 6.30. The monoisotopic (exact) mass is 265 g/mol. The minimum atomic E-state index is -0.506. The van der Waals surface area contributed by atoms with Gasteiger partial charge >= 0.3 is 0 Å². The summed E-state index contributed by atoms with van der Waals surface area (Å²) in [6, 6.07) is 12.0. The second-order valence-corrected chi connectivity index (χ2v) is 4.72. The van der Waals surface area contributed by atoms with Crippen LogP contribution in [0.25, 0.3) is 10.8 Å². The number of halogens is 1. The van der Waals surface area contributed by atoms with E-state index >= 15 is 0 Å². The predicted molar refractivity (Wildman–Crippen MR) is 76.3 cm³/mol. The van der Waals surface area contributed by atoms with Gasteiger partial charge in [-0.25, -0.2) is 4.39 Å². The first-order chi connectivity index (χ1) is 9.66. The third kappa shape index (κ3) is 2.07. The number of fused-ring (bicyclic) bond motifs is 1. The molecule has 0 atom stereocenters. The Labute approximate surface area is 115 Å². The van der Waals surface area contributed by atoms with Gasteiger partial charge in [-0.3, -0.25) is 9.78 Å². The van der Waals surface area contributed by atoms with Crippen molar-refractivity contribution in [3.05, 3.63) is 77.4 Å². The maximum absolute atomic E-state index is 13.9. The fourth-order valence-electron chi connectivity index (χ4n) is 2.26. The zero-order chi connectivity index (χ0) is 14.1. The van der Waals surface area contributed by atoms with E-state index in [4.69, 9.17) is 0 Å². The molecular formula is C17H12FNO. The largest absolute Gasteiger partial charge is 0.288 e. The highest BCUT2D eigenvalue weighted by molar-refractivity contribution is 6.16. The highest BCUT2D eigenvalue weighted by atomic mass is 19.1. The fraction of sp³-hybridized carbons (Fsp3) is 0.0588. The van der Waals surface area contributed by atoms with Crippen LogP contribution in [0.4, 0.5) is 4.39 Å². The minimum Gasteiger partial charge on any atom is -0.288 e. The van der Waals surface area contributed by atoms with E-state index in [0.717, 1.165) is 16.3 Å². The van der Waals surface area contributed by atoms with Crippen LogP contribution in [0.2, 0.25) is 0 Å². The number of aryl methyl sites for hydroxylation is 1. The quantitative estimate of drug-likeness (QED) is 0.657. The number of benzene rings is 2. The summed E-state index contributed by atoms with van der Waals surface area (Å²) >= 11 is 0. The number of pyridine rings is 1. The molecule has 0 fully saturated rings. The van der Waals surface area contributed by atoms with Crippen molar-refractivity contribution < 1.29 is 9.18 Å². The highest BCUT2D eigenvalue weighted by Gasteiger charge is 2.16. The molecular weight excluding hydrogens is 253 g/mol. The molecule has 3 heteroatoms. The summed E-state index contributed by atoms with van der Waals surface area (Å²) in [5.41, 5.74) is 1.36. The third-order valence-electron chi connectivity index (χ3n) is 3.28. The van der Waals surface area contributed by atoms with Gasteiger partial charge < -0.3 is 0 Å². The van der Waals surface area contributed by atoms with E-state index in [1.165, 1.54) is 12.3 Å². The van der Waals surface area contributed by atoms with Crippen molar-refractivity contribution in [3.63, 3.8) is 0 Å². The zero-order valence-electron chi connectivity index (χ0n) is 10.9. The SMILES string of the molecule is Cc1ccc(F)c(C(=O)c2cncc3ccccc23)c1. The maximum Gasteiger partial charge on any atom is 0.198 e. The molecule has 20 heavy (non-hydrogen) atoms. The van der Waals surface area contributed by atoms with Gasteiger partial charge in [0.15, 0.2) is 5.78 Å². The summed E-state index contributed by atoms with van der Waals surface area (Å²) in [7, 11) is 0. The van der Waals surface area contributed by atoms with Crippen LogP contribution in [-0.4, -0.2) is 10.8 Å². The van der Waals surface area contributed by atoms with Gasteiger partial charge in [-0.05, 0) is 24.4 Å². The van der Waals surface area contributed by atoms with E-state index in [-0.39, 0.29) is 11.3 Å². The predicted octanol–water partition coefficient (Wildman–Crippen LogP) is 3.91. The van der Waals surface area contributed by atoms with Crippen LogP contribution < -0.4 is 0 Å². The van der Waals surface area contributed by atoms with Gasteiger partial charge in [-0.15, -0.1) is 0 Å². The van der Waals surface area contributed by atoms with Crippen LogP contribution in [0.5, 0.6) is 0 Å². The molecule has 2 aromatic carbocycles. The average molecular weight is 265 g/mol. The summed E-state index contributed by atoms with van der Waals surface area (Å²) < 4.78 is 13.9. The van der Waals surface area contributed by atoms with E-state index in [1.54, 1.807) is 18.3 Å². The Morgan fingerprint density at radius 1 is 1.05 bits per heavy atom. The molecule has 3 rings (SSSR count). The van der Waals surface area contributed by atoms with Crippen molar-refractivity contribution in [1.82, 2.24) is 4.98 Å². The van der Waals surface area contributed by atoms with Gasteiger partial charge in [-0.1, -0.05) is 35.9 Å². The summed E-state index contributed by atoms with van der Waals surface area (Å²) in [6.45, 7) is 1.83. The summed E-state index contributed by atoms with van der Waals surface area (Å²) in [4.78, 5) is 16.6. The second kappa shape index (κ2) is 4.85. The van der Waals surface area contributed by atoms with Gasteiger partial charge in [0, 0.05) is 23.3 Å². The first kappa shape index (κ1) is 12.5. The van der Waals surface area contributed by atoms with Gasteiger partial charge in [0.05, 0.1) is 5.56 Å². The van der Waals surface area contributed by atoms with E-state index < -0.39 is 5.82 Å². The smallest absolute Gasteiger partial charge is 0.198 e. The normalized spacial score (nSPS) is 10.7. The van der Waals surface area contributed by atoms with Crippen LogP contribution in [0, 0.1) is 12.7 Å². The topological polar surface area (TPSA) is 30.0 Å². The molecule has 0 aliphatic carbocycles. The molecule has 0 amide bonds. The standard InChI is InChI=1S/C17H12FNO/c1-11-6-7-16(18)14(8-11)17(20)15-10-19-9-12-4-2-3-5-13(12)15/h2-10H,1H3. The molecule has 0 saturated carbocycles. The van der Waals surface area contributed by atoms with Crippen LogP contribution in [0.15, 0.2) is 54.9 Å². The van der Waals surface area contributed by atoms with Gasteiger partial charge in [-0.2, -0.15) is 0 Å². The number of carbonyl (C=O) groups is 1. The van der Waals surface area contributed by atoms with Crippen molar-refractivity contribution in [1.29, 1.82) is 0 Å². The lowest BCUT2D eigenvalue weighted by Crippen LogP contribution is -2.06. The number of hydrogen-bond donors (Lipinski definition) is 0. The van der Waals surface area contributed by atoms with Crippen molar-refractivity contribution in [3.8, 4) is 0 Å². The lowest BCUT2D eigenvalue weighted by Gasteiger charge is -2.07. The number of aromatic nitrogens is 1. The van der Waals surface area contributed by atoms with Crippen LogP contribution in [0.1, 0.15) is 21.5 Å². The Bertz CT molecular complexity index is 806. The molecule has 0 saturated heterocycles. The summed E-state index contributed by atoms with van der Waals surface area (Å²) in [5, 5.41) is 1.65. The second-order valence-electron chi connectivity index (χ2n) is 4.72. The van der Waals surface area contributed by atoms with Crippen LogP contribution in [0.3, 0.4) is 0 Å². The van der Waals surface area contributed by atoms with Crippen molar-refractivity contribution in [2.75, 3.05) is 0 Å². The van der Waals surface area contributed by atoms with Crippen molar-refractivity contribution >= 4 is 16.6 Å². The van der Waals surface area contributed by atoms with E-state index in [1.807, 2.05) is 31.2 Å². The Hall–Kier alpha value is -2.55. The van der Waals surface area contributed by atoms with E-state index in [2.05, 4.69) is 4.98 Å². The first-order valence-corrected chi connectivity index (χ1v) is 6.30. The molecule has 1 heterocycles. The number of carbonyl (C=O) groups excluding carboxylic acids is 1. The number of nitrogens with zero attached hydrogens (tertiary/aromatic N) is 1. The molecule has 2 nitrogen and oxygen atoms in total. The Balaban J connectivity index is 2.20. The summed E-state index contributed by atoms with van der Waals surface area (Å²) in [6.07, 6.45) is 3.19. The number of rotatable bonds is 2. The van der Waals surface area contributed by atoms with E-state index in [9.17, 15) is 9.18 Å². The molecule has 0 unspecified atom stereocenters. The van der Waals surface area contributed by atoms with Crippen molar-refractivity contribution in [2.24, 2.45) is 0 Å². The lowest BCUT2D eigenvalue weighted by molar-refractivity contribution is 0.103. The Kier molecular flexibility index (Phi) is 3.03. The van der Waals surface area contributed by atoms with Gasteiger partial charge in [0.2, 0.25) is 0 Å². The molecule has 0 radical (unpaired) electrons. The van der Waals surface area contributed by atoms with Gasteiger partial charge in [0.1, 0.15) is 5.82 Å². The zero-order valence-corrected chi connectivity index (χ0v) is 10.9. The molecule has 0 aliphatic rings. The van der Waals surface area contributed by atoms with E-state index in [0.29, 0.717) is 5.56 Å². The maximum atomic E-state index is 13.9. The molecule has 0 aliphatic heterocycles. The molecule has 98 valence electrons. The minimum absolute atomic E-state index is 0.0863. The Morgan fingerprint density at radius 3 is 2.70 bits per heavy atom. The average Bonchev–Trinajstić information content (AvgIpc) is 2.48. The summed E-state index contributed by atoms with van der Waals surface area (Å²) in [5.74, 6) is -0.843. The highest BCUT2D eigenvalue weighted by Crippen LogP contribution is 2.22. The third-order valence-corrected chi connectivity index (χ3v) is 3.28. The molecule has 1 aromatic heterocycles. The number of hydrogen-bond acceptors (Lipinski definition) is 2. The molecule has 0 spiro atoms. The number of ketones is 1. The molecule has 0 bridgehead atoms. The molecule has 3 aromatic rings. The lowest BCUT2D eigenvalue weighted by atomic mass is 9.98. The Morgan fingerprint density at radius 2 is 1.85 bits per heavy atom. The van der Waals surface area contributed by atoms with Crippen molar-refractivity contribution in [2.45, 2.75) is 6.92 Å². The van der Waals surface area contributed by atoms with Gasteiger partial charge in [0.25, 0.3) is 0 Å². The van der Waals surface area contributed by atoms with Crippen LogP contribution >= 0.6 is 0 Å². The fourth-order valence-corrected chi connectivity index (χ4v) is 2.26. The molecule has 0 N–H and O–H groups in total.